The topological polar surface area (TPSA) is 71.2 Å². The predicted molar refractivity (Wildman–Crippen MR) is 58.0 cm³/mol. The van der Waals surface area contributed by atoms with Gasteiger partial charge in [0.05, 0.1) is 24.5 Å². The minimum Gasteiger partial charge on any atom is -0.394 e. The highest BCUT2D eigenvalue weighted by Gasteiger charge is 2.11. The summed E-state index contributed by atoms with van der Waals surface area (Å²) in [5.41, 5.74) is 6.34. The largest absolute Gasteiger partial charge is 0.394 e. The number of aliphatic hydroxyl groups is 1. The molecule has 0 radical (unpaired) electrons. The SMILES string of the molecule is CC(C)[C@@H](CO)Nc1ccc(N)nc1. The molecule has 4 heteroatoms. The number of anilines is 2. The molecule has 1 heterocycles. The van der Waals surface area contributed by atoms with Crippen LogP contribution >= 0.6 is 0 Å². The lowest BCUT2D eigenvalue weighted by atomic mass is 10.1. The maximum atomic E-state index is 9.10. The summed E-state index contributed by atoms with van der Waals surface area (Å²) in [4.78, 5) is 3.96. The number of aliphatic hydroxyl groups excluding tert-OH is 1. The maximum Gasteiger partial charge on any atom is 0.123 e. The first-order chi connectivity index (χ1) is 6.63. The van der Waals surface area contributed by atoms with Crippen molar-refractivity contribution < 1.29 is 5.11 Å². The van der Waals surface area contributed by atoms with Gasteiger partial charge in [-0.15, -0.1) is 0 Å². The van der Waals surface area contributed by atoms with Gasteiger partial charge >= 0.3 is 0 Å². The Labute approximate surface area is 84.2 Å². The average Bonchev–Trinajstić information content (AvgIpc) is 2.16. The van der Waals surface area contributed by atoms with Gasteiger partial charge in [0, 0.05) is 0 Å². The third-order valence-electron chi connectivity index (χ3n) is 2.14. The summed E-state index contributed by atoms with van der Waals surface area (Å²) in [6.07, 6.45) is 1.67. The van der Waals surface area contributed by atoms with E-state index in [1.165, 1.54) is 0 Å². The highest BCUT2D eigenvalue weighted by molar-refractivity contribution is 5.46. The fourth-order valence-corrected chi connectivity index (χ4v) is 1.13. The van der Waals surface area contributed by atoms with Gasteiger partial charge in [-0.05, 0) is 18.1 Å². The van der Waals surface area contributed by atoms with Crippen molar-refractivity contribution in [1.29, 1.82) is 0 Å². The first kappa shape index (κ1) is 10.8. The fourth-order valence-electron chi connectivity index (χ4n) is 1.13. The molecule has 0 fully saturated rings. The predicted octanol–water partition coefficient (Wildman–Crippen LogP) is 1.09. The lowest BCUT2D eigenvalue weighted by molar-refractivity contribution is 0.249. The van der Waals surface area contributed by atoms with Crippen LogP contribution in [0.3, 0.4) is 0 Å². The Bertz CT molecular complexity index is 271. The molecule has 0 bridgehead atoms. The second-order valence-corrected chi connectivity index (χ2v) is 3.65. The molecule has 0 saturated carbocycles. The summed E-state index contributed by atoms with van der Waals surface area (Å²) in [5.74, 6) is 0.873. The third kappa shape index (κ3) is 2.88. The number of pyridine rings is 1. The molecule has 78 valence electrons. The van der Waals surface area contributed by atoms with Crippen LogP contribution in [0.1, 0.15) is 13.8 Å². The van der Waals surface area contributed by atoms with Gasteiger partial charge in [-0.2, -0.15) is 0 Å². The molecule has 0 unspecified atom stereocenters. The van der Waals surface area contributed by atoms with Crippen LogP contribution in [-0.4, -0.2) is 22.7 Å². The highest BCUT2D eigenvalue weighted by Crippen LogP contribution is 2.12. The molecule has 0 aliphatic rings. The third-order valence-corrected chi connectivity index (χ3v) is 2.14. The van der Waals surface area contributed by atoms with Gasteiger partial charge in [0.15, 0.2) is 0 Å². The summed E-state index contributed by atoms with van der Waals surface area (Å²) in [5, 5.41) is 12.3. The number of rotatable bonds is 4. The van der Waals surface area contributed by atoms with E-state index in [9.17, 15) is 0 Å². The summed E-state index contributed by atoms with van der Waals surface area (Å²) < 4.78 is 0. The van der Waals surface area contributed by atoms with Crippen molar-refractivity contribution in [2.24, 2.45) is 5.92 Å². The van der Waals surface area contributed by atoms with Crippen LogP contribution in [0.5, 0.6) is 0 Å². The van der Waals surface area contributed by atoms with Crippen molar-refractivity contribution in [3.63, 3.8) is 0 Å². The zero-order valence-electron chi connectivity index (χ0n) is 8.57. The first-order valence-corrected chi connectivity index (χ1v) is 4.72. The minimum atomic E-state index is 0.0559. The van der Waals surface area contributed by atoms with Crippen LogP contribution < -0.4 is 11.1 Å². The molecule has 1 rings (SSSR count). The fraction of sp³-hybridized carbons (Fsp3) is 0.500. The lowest BCUT2D eigenvalue weighted by Gasteiger charge is -2.20. The molecule has 4 nitrogen and oxygen atoms in total. The van der Waals surface area contributed by atoms with E-state index in [1.807, 2.05) is 6.07 Å². The van der Waals surface area contributed by atoms with Crippen molar-refractivity contribution in [3.8, 4) is 0 Å². The zero-order chi connectivity index (χ0) is 10.6. The Morgan fingerprint density at radius 1 is 1.50 bits per heavy atom. The number of nitrogens with one attached hydrogen (secondary N) is 1. The molecule has 0 saturated heterocycles. The summed E-state index contributed by atoms with van der Waals surface area (Å²) in [6.45, 7) is 4.22. The Balaban J connectivity index is 2.63. The van der Waals surface area contributed by atoms with E-state index in [0.717, 1.165) is 5.69 Å². The van der Waals surface area contributed by atoms with E-state index >= 15 is 0 Å². The molecular formula is C10H17N3O. The van der Waals surface area contributed by atoms with Crippen LogP contribution in [0, 0.1) is 5.92 Å². The quantitative estimate of drug-likeness (QED) is 0.672. The van der Waals surface area contributed by atoms with E-state index in [0.29, 0.717) is 11.7 Å². The Hall–Kier alpha value is -1.29. The Morgan fingerprint density at radius 2 is 2.21 bits per heavy atom. The first-order valence-electron chi connectivity index (χ1n) is 4.72. The van der Waals surface area contributed by atoms with Crippen LogP contribution in [0.2, 0.25) is 0 Å². The number of hydrogen-bond acceptors (Lipinski definition) is 4. The second-order valence-electron chi connectivity index (χ2n) is 3.65. The van der Waals surface area contributed by atoms with Crippen molar-refractivity contribution >= 4 is 11.5 Å². The van der Waals surface area contributed by atoms with Gasteiger partial charge < -0.3 is 16.2 Å². The van der Waals surface area contributed by atoms with E-state index in [1.54, 1.807) is 12.3 Å². The number of nitrogens with zero attached hydrogens (tertiary/aromatic N) is 1. The van der Waals surface area contributed by atoms with Crippen molar-refractivity contribution in [3.05, 3.63) is 18.3 Å². The number of nitrogen functional groups attached to an aromatic ring is 1. The number of aromatic nitrogens is 1. The van der Waals surface area contributed by atoms with Gasteiger partial charge in [0.2, 0.25) is 0 Å². The van der Waals surface area contributed by atoms with Crippen molar-refractivity contribution in [2.45, 2.75) is 19.9 Å². The van der Waals surface area contributed by atoms with E-state index in [-0.39, 0.29) is 12.6 Å². The van der Waals surface area contributed by atoms with Gasteiger partial charge in [-0.1, -0.05) is 13.8 Å². The van der Waals surface area contributed by atoms with Gasteiger partial charge in [-0.25, -0.2) is 4.98 Å². The number of hydrogen-bond donors (Lipinski definition) is 3. The highest BCUT2D eigenvalue weighted by atomic mass is 16.3. The van der Waals surface area contributed by atoms with E-state index < -0.39 is 0 Å². The van der Waals surface area contributed by atoms with Crippen LogP contribution in [0.25, 0.3) is 0 Å². The molecule has 0 aromatic carbocycles. The summed E-state index contributed by atoms with van der Waals surface area (Å²) >= 11 is 0. The summed E-state index contributed by atoms with van der Waals surface area (Å²) in [7, 11) is 0. The second kappa shape index (κ2) is 4.81. The smallest absolute Gasteiger partial charge is 0.123 e. The van der Waals surface area contributed by atoms with Gasteiger partial charge in [0.1, 0.15) is 5.82 Å². The van der Waals surface area contributed by atoms with Crippen molar-refractivity contribution in [2.75, 3.05) is 17.7 Å². The monoisotopic (exact) mass is 195 g/mol. The average molecular weight is 195 g/mol. The molecule has 14 heavy (non-hydrogen) atoms. The minimum absolute atomic E-state index is 0.0559. The molecule has 0 aliphatic carbocycles. The molecule has 0 amide bonds. The van der Waals surface area contributed by atoms with E-state index in [2.05, 4.69) is 24.1 Å². The Morgan fingerprint density at radius 3 is 2.64 bits per heavy atom. The maximum absolute atomic E-state index is 9.10. The van der Waals surface area contributed by atoms with E-state index in [4.69, 9.17) is 10.8 Å². The van der Waals surface area contributed by atoms with Gasteiger partial charge in [-0.3, -0.25) is 0 Å². The zero-order valence-corrected chi connectivity index (χ0v) is 8.57. The standard InChI is InChI=1S/C10H17N3O/c1-7(2)9(6-14)13-8-3-4-10(11)12-5-8/h3-5,7,9,13-14H,6H2,1-2H3,(H2,11,12)/t9-/m1/s1. The molecule has 0 spiro atoms. The molecular weight excluding hydrogens is 178 g/mol. The van der Waals surface area contributed by atoms with Crippen molar-refractivity contribution in [1.82, 2.24) is 4.98 Å². The lowest BCUT2D eigenvalue weighted by Crippen LogP contribution is -2.29. The molecule has 0 aliphatic heterocycles. The normalized spacial score (nSPS) is 12.9. The van der Waals surface area contributed by atoms with Crippen LogP contribution in [0.4, 0.5) is 11.5 Å². The van der Waals surface area contributed by atoms with Crippen LogP contribution in [-0.2, 0) is 0 Å². The van der Waals surface area contributed by atoms with Gasteiger partial charge in [0.25, 0.3) is 0 Å². The number of nitrogens with two attached hydrogens (primary N) is 1. The Kier molecular flexibility index (Phi) is 3.71. The molecule has 1 aromatic rings. The molecule has 1 aromatic heterocycles. The summed E-state index contributed by atoms with van der Waals surface area (Å²) in [6, 6.07) is 3.64. The molecule has 1 atom stereocenters. The van der Waals surface area contributed by atoms with Crippen LogP contribution in [0.15, 0.2) is 18.3 Å². The molecule has 4 N–H and O–H groups in total.